The molecule has 2 aromatic rings. The van der Waals surface area contributed by atoms with Gasteiger partial charge in [-0.05, 0) is 41.6 Å². The van der Waals surface area contributed by atoms with Crippen molar-refractivity contribution in [1.82, 2.24) is 4.98 Å². The Kier molecular flexibility index (Phi) is 2.64. The van der Waals surface area contributed by atoms with Gasteiger partial charge in [0.1, 0.15) is 0 Å². The molecule has 0 aliphatic rings. The van der Waals surface area contributed by atoms with E-state index in [1.807, 2.05) is 24.5 Å². The van der Waals surface area contributed by atoms with Gasteiger partial charge in [0.05, 0.1) is 0 Å². The van der Waals surface area contributed by atoms with Gasteiger partial charge in [0.2, 0.25) is 0 Å². The van der Waals surface area contributed by atoms with Crippen LogP contribution in [0.25, 0.3) is 16.8 Å². The number of fused-ring (bicyclic) bond motifs is 1. The summed E-state index contributed by atoms with van der Waals surface area (Å²) in [4.78, 5) is 4.11. The molecule has 15 heavy (non-hydrogen) atoms. The molecule has 0 fully saturated rings. The molecule has 0 saturated heterocycles. The van der Waals surface area contributed by atoms with Crippen LogP contribution in [0.5, 0.6) is 0 Å². The van der Waals surface area contributed by atoms with Crippen molar-refractivity contribution in [3.8, 4) is 0 Å². The lowest BCUT2D eigenvalue weighted by atomic mass is 10.0. The molecule has 1 nitrogen and oxygen atoms in total. The predicted molar refractivity (Wildman–Crippen MR) is 65.7 cm³/mol. The molecule has 0 saturated carbocycles. The maximum Gasteiger partial charge on any atom is 0.0346 e. The van der Waals surface area contributed by atoms with Gasteiger partial charge in [-0.2, -0.15) is 0 Å². The SMILES string of the molecule is C=C/C=C\c1cc2ccncc2cc1C. The van der Waals surface area contributed by atoms with E-state index in [9.17, 15) is 0 Å². The van der Waals surface area contributed by atoms with E-state index < -0.39 is 0 Å². The lowest BCUT2D eigenvalue weighted by molar-refractivity contribution is 1.35. The smallest absolute Gasteiger partial charge is 0.0346 e. The van der Waals surface area contributed by atoms with E-state index in [2.05, 4.69) is 36.7 Å². The Hall–Kier alpha value is -1.89. The zero-order valence-corrected chi connectivity index (χ0v) is 8.77. The summed E-state index contributed by atoms with van der Waals surface area (Å²) in [5.74, 6) is 0. The molecule has 1 heterocycles. The lowest BCUT2D eigenvalue weighted by Crippen LogP contribution is -1.83. The van der Waals surface area contributed by atoms with Crippen LogP contribution in [0.3, 0.4) is 0 Å². The van der Waals surface area contributed by atoms with E-state index in [4.69, 9.17) is 0 Å². The van der Waals surface area contributed by atoms with E-state index in [0.29, 0.717) is 0 Å². The van der Waals surface area contributed by atoms with E-state index in [0.717, 1.165) is 0 Å². The van der Waals surface area contributed by atoms with Gasteiger partial charge in [0.25, 0.3) is 0 Å². The number of aromatic nitrogens is 1. The summed E-state index contributed by atoms with van der Waals surface area (Å²) in [5.41, 5.74) is 2.49. The predicted octanol–water partition coefficient (Wildman–Crippen LogP) is 3.74. The minimum Gasteiger partial charge on any atom is -0.264 e. The molecular formula is C14H13N. The van der Waals surface area contributed by atoms with Crippen LogP contribution in [0.2, 0.25) is 0 Å². The first-order chi connectivity index (χ1) is 7.31. The van der Waals surface area contributed by atoms with E-state index in [1.54, 1.807) is 6.08 Å². The minimum atomic E-state index is 1.19. The third kappa shape index (κ3) is 1.96. The average molecular weight is 195 g/mol. The molecule has 0 amide bonds. The quantitative estimate of drug-likeness (QED) is 0.665. The largest absolute Gasteiger partial charge is 0.264 e. The standard InChI is InChI=1S/C14H13N/c1-3-4-5-12-9-13-6-7-15-10-14(13)8-11(12)2/h3-10H,1H2,2H3/b5-4-. The Balaban J connectivity index is 2.61. The zero-order valence-electron chi connectivity index (χ0n) is 8.77. The van der Waals surface area contributed by atoms with Gasteiger partial charge in [-0.3, -0.25) is 4.98 Å². The van der Waals surface area contributed by atoms with Crippen LogP contribution in [-0.2, 0) is 0 Å². The molecule has 0 atom stereocenters. The summed E-state index contributed by atoms with van der Waals surface area (Å²) >= 11 is 0. The number of allylic oxidation sites excluding steroid dienone is 2. The summed E-state index contributed by atoms with van der Waals surface area (Å²) in [7, 11) is 0. The van der Waals surface area contributed by atoms with Crippen molar-refractivity contribution in [2.45, 2.75) is 6.92 Å². The van der Waals surface area contributed by atoms with Crippen molar-refractivity contribution in [3.63, 3.8) is 0 Å². The van der Waals surface area contributed by atoms with Crippen molar-refractivity contribution >= 4 is 16.8 Å². The fourth-order valence-corrected chi connectivity index (χ4v) is 1.62. The average Bonchev–Trinajstić information content (AvgIpc) is 2.26. The second-order valence-electron chi connectivity index (χ2n) is 3.53. The Morgan fingerprint density at radius 2 is 2.13 bits per heavy atom. The molecule has 1 aromatic carbocycles. The van der Waals surface area contributed by atoms with Crippen LogP contribution < -0.4 is 0 Å². The first kappa shape index (κ1) is 9.66. The second kappa shape index (κ2) is 4.09. The van der Waals surface area contributed by atoms with E-state index in [-0.39, 0.29) is 0 Å². The normalized spacial score (nSPS) is 11.0. The van der Waals surface area contributed by atoms with Gasteiger partial charge in [0, 0.05) is 17.8 Å². The molecule has 2 rings (SSSR count). The van der Waals surface area contributed by atoms with Crippen LogP contribution >= 0.6 is 0 Å². The minimum absolute atomic E-state index is 1.19. The van der Waals surface area contributed by atoms with Gasteiger partial charge < -0.3 is 0 Å². The third-order valence-corrected chi connectivity index (χ3v) is 2.44. The number of pyridine rings is 1. The first-order valence-corrected chi connectivity index (χ1v) is 4.95. The second-order valence-corrected chi connectivity index (χ2v) is 3.53. The number of hydrogen-bond donors (Lipinski definition) is 0. The lowest BCUT2D eigenvalue weighted by Gasteiger charge is -2.03. The van der Waals surface area contributed by atoms with E-state index >= 15 is 0 Å². The Labute approximate surface area is 89.8 Å². The molecule has 0 spiro atoms. The van der Waals surface area contributed by atoms with E-state index in [1.165, 1.54) is 21.9 Å². The first-order valence-electron chi connectivity index (χ1n) is 4.95. The van der Waals surface area contributed by atoms with Gasteiger partial charge in [-0.25, -0.2) is 0 Å². The molecule has 0 radical (unpaired) electrons. The van der Waals surface area contributed by atoms with Crippen molar-refractivity contribution in [2.75, 3.05) is 0 Å². The number of rotatable bonds is 2. The zero-order chi connectivity index (χ0) is 10.7. The number of aryl methyl sites for hydroxylation is 1. The van der Waals surface area contributed by atoms with Crippen LogP contribution in [0, 0.1) is 6.92 Å². The highest BCUT2D eigenvalue weighted by Gasteiger charge is 1.97. The van der Waals surface area contributed by atoms with Crippen molar-refractivity contribution in [2.24, 2.45) is 0 Å². The molecule has 74 valence electrons. The molecule has 0 aliphatic heterocycles. The van der Waals surface area contributed by atoms with Gasteiger partial charge in [-0.15, -0.1) is 0 Å². The summed E-state index contributed by atoms with van der Waals surface area (Å²) in [6.07, 6.45) is 9.52. The molecule has 1 aromatic heterocycles. The summed E-state index contributed by atoms with van der Waals surface area (Å²) in [6, 6.07) is 6.36. The Morgan fingerprint density at radius 3 is 2.93 bits per heavy atom. The van der Waals surface area contributed by atoms with Crippen LogP contribution in [0.4, 0.5) is 0 Å². The highest BCUT2D eigenvalue weighted by Crippen LogP contribution is 2.19. The van der Waals surface area contributed by atoms with Crippen LogP contribution in [0.15, 0.2) is 49.3 Å². The highest BCUT2D eigenvalue weighted by molar-refractivity contribution is 5.85. The monoisotopic (exact) mass is 195 g/mol. The Morgan fingerprint density at radius 1 is 1.27 bits per heavy atom. The van der Waals surface area contributed by atoms with Gasteiger partial charge >= 0.3 is 0 Å². The van der Waals surface area contributed by atoms with Gasteiger partial charge in [-0.1, -0.05) is 24.8 Å². The maximum atomic E-state index is 4.11. The third-order valence-electron chi connectivity index (χ3n) is 2.44. The number of nitrogens with zero attached hydrogens (tertiary/aromatic N) is 1. The van der Waals surface area contributed by atoms with Crippen molar-refractivity contribution in [3.05, 3.63) is 60.5 Å². The number of hydrogen-bond acceptors (Lipinski definition) is 1. The fraction of sp³-hybridized carbons (Fsp3) is 0.0714. The maximum absolute atomic E-state index is 4.11. The molecule has 0 aliphatic carbocycles. The summed E-state index contributed by atoms with van der Waals surface area (Å²) in [6.45, 7) is 5.78. The molecule has 0 N–H and O–H groups in total. The van der Waals surface area contributed by atoms with Crippen LogP contribution in [0.1, 0.15) is 11.1 Å². The molecule has 0 unspecified atom stereocenters. The highest BCUT2D eigenvalue weighted by atomic mass is 14.6. The summed E-state index contributed by atoms with van der Waals surface area (Å²) in [5, 5.41) is 2.41. The molecule has 1 heteroatoms. The topological polar surface area (TPSA) is 12.9 Å². The van der Waals surface area contributed by atoms with Crippen molar-refractivity contribution in [1.29, 1.82) is 0 Å². The summed E-state index contributed by atoms with van der Waals surface area (Å²) < 4.78 is 0. The van der Waals surface area contributed by atoms with Crippen molar-refractivity contribution < 1.29 is 0 Å². The van der Waals surface area contributed by atoms with Gasteiger partial charge in [0.15, 0.2) is 0 Å². The Bertz CT molecular complexity index is 524. The molecular weight excluding hydrogens is 182 g/mol. The fourth-order valence-electron chi connectivity index (χ4n) is 1.62. The van der Waals surface area contributed by atoms with Crippen LogP contribution in [-0.4, -0.2) is 4.98 Å². The number of benzene rings is 1. The molecule has 0 bridgehead atoms.